The zero-order valence-corrected chi connectivity index (χ0v) is 10.4. The fourth-order valence-corrected chi connectivity index (χ4v) is 1.72. The summed E-state index contributed by atoms with van der Waals surface area (Å²) >= 11 is 0. The van der Waals surface area contributed by atoms with Gasteiger partial charge in [-0.15, -0.1) is 0 Å². The van der Waals surface area contributed by atoms with Gasteiger partial charge in [-0.3, -0.25) is 15.1 Å². The summed E-state index contributed by atoms with van der Waals surface area (Å²) in [6.45, 7) is 4.10. The minimum absolute atomic E-state index is 0.116. The van der Waals surface area contributed by atoms with Crippen LogP contribution in [0.3, 0.4) is 0 Å². The molecule has 1 fully saturated rings. The highest BCUT2D eigenvalue weighted by Crippen LogP contribution is 2.08. The maximum atomic E-state index is 9.75. The van der Waals surface area contributed by atoms with Crippen LogP contribution in [-0.4, -0.2) is 83.8 Å². The Morgan fingerprint density at radius 1 is 1.18 bits per heavy atom. The van der Waals surface area contributed by atoms with E-state index in [1.807, 2.05) is 4.90 Å². The van der Waals surface area contributed by atoms with Gasteiger partial charge in [0.1, 0.15) is 0 Å². The van der Waals surface area contributed by atoms with Crippen LogP contribution in [0.25, 0.3) is 0 Å². The smallest absolute Gasteiger partial charge is 0.216 e. The van der Waals surface area contributed by atoms with E-state index < -0.39 is 12.8 Å². The number of hydrogen-bond donors (Lipinski definition) is 4. The molecule has 1 aliphatic heterocycles. The van der Waals surface area contributed by atoms with Crippen LogP contribution < -0.4 is 5.32 Å². The molecule has 7 nitrogen and oxygen atoms in total. The molecule has 3 atom stereocenters. The topological polar surface area (TPSA) is 88.4 Å². The third-order valence-corrected chi connectivity index (χ3v) is 2.88. The van der Waals surface area contributed by atoms with E-state index in [4.69, 9.17) is 9.84 Å². The quantitative estimate of drug-likeness (QED) is 0.396. The van der Waals surface area contributed by atoms with Gasteiger partial charge in [-0.1, -0.05) is 0 Å². The first-order valence-electron chi connectivity index (χ1n) is 5.86. The Kier molecular flexibility index (Phi) is 6.28. The molecule has 0 amide bonds. The predicted octanol–water partition coefficient (Wildman–Crippen LogP) is -2.23. The SMILES string of the molecule is CNC(O)N1CCN(C(O)O[C@@H](C)CO)CC1. The molecule has 1 aliphatic rings. The second kappa shape index (κ2) is 7.22. The van der Waals surface area contributed by atoms with E-state index in [1.165, 1.54) is 0 Å². The Hall–Kier alpha value is -0.280. The van der Waals surface area contributed by atoms with Crippen molar-refractivity contribution in [1.82, 2.24) is 15.1 Å². The van der Waals surface area contributed by atoms with E-state index in [0.717, 1.165) is 0 Å². The maximum Gasteiger partial charge on any atom is 0.216 e. The second-order valence-corrected chi connectivity index (χ2v) is 4.19. The third kappa shape index (κ3) is 4.47. The van der Waals surface area contributed by atoms with Gasteiger partial charge in [-0.25, -0.2) is 0 Å². The molecule has 1 saturated heterocycles. The van der Waals surface area contributed by atoms with E-state index in [0.29, 0.717) is 26.2 Å². The fourth-order valence-electron chi connectivity index (χ4n) is 1.72. The van der Waals surface area contributed by atoms with Crippen LogP contribution in [0, 0.1) is 0 Å². The number of ether oxygens (including phenoxy) is 1. The summed E-state index contributed by atoms with van der Waals surface area (Å²) in [5.74, 6) is 0. The second-order valence-electron chi connectivity index (χ2n) is 4.19. The van der Waals surface area contributed by atoms with Gasteiger partial charge < -0.3 is 20.1 Å². The van der Waals surface area contributed by atoms with Crippen molar-refractivity contribution >= 4 is 0 Å². The van der Waals surface area contributed by atoms with Gasteiger partial charge >= 0.3 is 0 Å². The van der Waals surface area contributed by atoms with Gasteiger partial charge in [0.05, 0.1) is 12.7 Å². The first-order chi connectivity index (χ1) is 8.08. The summed E-state index contributed by atoms with van der Waals surface area (Å²) in [4.78, 5) is 3.64. The average molecular weight is 249 g/mol. The lowest BCUT2D eigenvalue weighted by atomic mass is 10.3. The number of nitrogens with zero attached hydrogens (tertiary/aromatic N) is 2. The molecule has 0 saturated carbocycles. The van der Waals surface area contributed by atoms with Crippen molar-refractivity contribution in [3.63, 3.8) is 0 Å². The average Bonchev–Trinajstić information content (AvgIpc) is 2.37. The lowest BCUT2D eigenvalue weighted by Gasteiger charge is -2.38. The van der Waals surface area contributed by atoms with Crippen LogP contribution in [0.4, 0.5) is 0 Å². The van der Waals surface area contributed by atoms with Crippen molar-refractivity contribution in [3.8, 4) is 0 Å². The molecule has 0 bridgehead atoms. The summed E-state index contributed by atoms with van der Waals surface area (Å²) < 4.78 is 5.20. The molecule has 0 aromatic heterocycles. The summed E-state index contributed by atoms with van der Waals surface area (Å²) in [6.07, 6.45) is -2.02. The van der Waals surface area contributed by atoms with Crippen LogP contribution in [0.2, 0.25) is 0 Å². The molecule has 1 rings (SSSR count). The van der Waals surface area contributed by atoms with Crippen LogP contribution in [0.15, 0.2) is 0 Å². The van der Waals surface area contributed by atoms with E-state index in [9.17, 15) is 10.2 Å². The summed E-state index contributed by atoms with van der Waals surface area (Å²) in [7, 11) is 1.69. The number of aliphatic hydroxyl groups is 3. The molecule has 2 unspecified atom stereocenters. The van der Waals surface area contributed by atoms with Crippen molar-refractivity contribution in [2.45, 2.75) is 25.8 Å². The van der Waals surface area contributed by atoms with E-state index >= 15 is 0 Å². The molecule has 102 valence electrons. The minimum Gasteiger partial charge on any atom is -0.394 e. The van der Waals surface area contributed by atoms with Crippen molar-refractivity contribution in [2.24, 2.45) is 0 Å². The fraction of sp³-hybridized carbons (Fsp3) is 1.00. The van der Waals surface area contributed by atoms with Crippen LogP contribution in [-0.2, 0) is 4.74 Å². The van der Waals surface area contributed by atoms with Gasteiger partial charge in [0.2, 0.25) is 6.41 Å². The highest BCUT2D eigenvalue weighted by molar-refractivity contribution is 4.72. The molecule has 0 radical (unpaired) electrons. The van der Waals surface area contributed by atoms with Gasteiger partial charge in [0.25, 0.3) is 0 Å². The van der Waals surface area contributed by atoms with Crippen LogP contribution >= 0.6 is 0 Å². The monoisotopic (exact) mass is 249 g/mol. The van der Waals surface area contributed by atoms with Crippen molar-refractivity contribution < 1.29 is 20.1 Å². The Morgan fingerprint density at radius 3 is 2.18 bits per heavy atom. The molecule has 7 heteroatoms. The Bertz CT molecular complexity index is 212. The first kappa shape index (κ1) is 14.8. The standard InChI is InChI=1S/C10H23N3O4/c1-8(7-14)17-10(16)13-5-3-12(4-6-13)9(15)11-2/h8-11,14-16H,3-7H2,1-2H3/t8-,9?,10?/m0/s1. The summed E-state index contributed by atoms with van der Waals surface area (Å²) in [5, 5.41) is 30.9. The van der Waals surface area contributed by atoms with E-state index in [2.05, 4.69) is 5.32 Å². The lowest BCUT2D eigenvalue weighted by Crippen LogP contribution is -2.56. The van der Waals surface area contributed by atoms with Gasteiger partial charge in [-0.2, -0.15) is 0 Å². The van der Waals surface area contributed by atoms with Gasteiger partial charge in [0, 0.05) is 26.2 Å². The summed E-state index contributed by atoms with van der Waals surface area (Å²) in [6, 6.07) is 0. The highest BCUT2D eigenvalue weighted by Gasteiger charge is 2.26. The van der Waals surface area contributed by atoms with E-state index in [1.54, 1.807) is 18.9 Å². The lowest BCUT2D eigenvalue weighted by molar-refractivity contribution is -0.229. The van der Waals surface area contributed by atoms with Crippen LogP contribution in [0.1, 0.15) is 6.92 Å². The Labute approximate surface area is 102 Å². The number of nitrogens with one attached hydrogen (secondary N) is 1. The minimum atomic E-state index is -0.994. The number of aliphatic hydroxyl groups excluding tert-OH is 3. The Morgan fingerprint density at radius 2 is 1.71 bits per heavy atom. The summed E-state index contributed by atoms with van der Waals surface area (Å²) in [5.41, 5.74) is 0. The van der Waals surface area contributed by atoms with Crippen molar-refractivity contribution in [1.29, 1.82) is 0 Å². The molecule has 17 heavy (non-hydrogen) atoms. The zero-order chi connectivity index (χ0) is 12.8. The molecule has 0 aliphatic carbocycles. The maximum absolute atomic E-state index is 9.75. The molecule has 0 aromatic rings. The van der Waals surface area contributed by atoms with Crippen LogP contribution in [0.5, 0.6) is 0 Å². The predicted molar refractivity (Wildman–Crippen MR) is 61.9 cm³/mol. The Balaban J connectivity index is 2.31. The van der Waals surface area contributed by atoms with Gasteiger partial charge in [0.15, 0.2) is 6.35 Å². The highest BCUT2D eigenvalue weighted by atomic mass is 16.6. The largest absolute Gasteiger partial charge is 0.394 e. The molecule has 4 N–H and O–H groups in total. The van der Waals surface area contributed by atoms with Crippen molar-refractivity contribution in [3.05, 3.63) is 0 Å². The number of rotatable bonds is 6. The third-order valence-electron chi connectivity index (χ3n) is 2.88. The van der Waals surface area contributed by atoms with E-state index in [-0.39, 0.29) is 12.7 Å². The molecule has 0 spiro atoms. The first-order valence-corrected chi connectivity index (χ1v) is 5.86. The number of piperazine rings is 1. The normalized spacial score (nSPS) is 24.5. The van der Waals surface area contributed by atoms with Crippen molar-refractivity contribution in [2.75, 3.05) is 39.8 Å². The number of hydrogen-bond acceptors (Lipinski definition) is 7. The molecule has 0 aromatic carbocycles. The zero-order valence-electron chi connectivity index (χ0n) is 10.4. The molecular weight excluding hydrogens is 226 g/mol. The molecular formula is C10H23N3O4. The molecule has 1 heterocycles. The van der Waals surface area contributed by atoms with Gasteiger partial charge in [-0.05, 0) is 14.0 Å².